The van der Waals surface area contributed by atoms with E-state index in [1.807, 2.05) is 18.4 Å². The maximum Gasteiger partial charge on any atom is 0.262 e. The first-order valence-corrected chi connectivity index (χ1v) is 11.2. The van der Waals surface area contributed by atoms with Crippen LogP contribution in [0.25, 0.3) is 10.2 Å². The minimum Gasteiger partial charge on any atom is -0.353 e. The SMILES string of the molecule is CCc1nc(N2CCN(S(=O)(=O)c3cn(C)c(C)n3)CC2)c2ccsc2n1. The average molecular weight is 407 g/mol. The Morgan fingerprint density at radius 3 is 2.52 bits per heavy atom. The first kappa shape index (κ1) is 18.3. The number of anilines is 1. The standard InChI is InChI=1S/C17H22N6O2S2/c1-4-14-19-16(13-5-10-26-17(13)20-14)22-6-8-23(9-7-22)27(24,25)15-11-21(3)12(2)18-15/h5,10-11H,4,6-9H2,1-3H3. The van der Waals surface area contributed by atoms with Gasteiger partial charge in [-0.2, -0.15) is 4.31 Å². The number of rotatable bonds is 4. The predicted molar refractivity (Wildman–Crippen MR) is 106 cm³/mol. The zero-order valence-corrected chi connectivity index (χ0v) is 17.2. The first-order valence-electron chi connectivity index (χ1n) is 8.89. The summed E-state index contributed by atoms with van der Waals surface area (Å²) in [5.41, 5.74) is 0. The summed E-state index contributed by atoms with van der Waals surface area (Å²) in [5.74, 6) is 2.41. The van der Waals surface area contributed by atoms with Crippen LogP contribution in [-0.2, 0) is 23.5 Å². The van der Waals surface area contributed by atoms with E-state index in [1.165, 1.54) is 4.31 Å². The highest BCUT2D eigenvalue weighted by molar-refractivity contribution is 7.89. The fraction of sp³-hybridized carbons (Fsp3) is 0.471. The van der Waals surface area contributed by atoms with E-state index >= 15 is 0 Å². The molecule has 8 nitrogen and oxygen atoms in total. The number of hydrogen-bond donors (Lipinski definition) is 0. The molecule has 0 bridgehead atoms. The minimum absolute atomic E-state index is 0.117. The maximum atomic E-state index is 12.9. The molecule has 27 heavy (non-hydrogen) atoms. The number of aryl methyl sites for hydroxylation is 3. The Balaban J connectivity index is 1.57. The van der Waals surface area contributed by atoms with Gasteiger partial charge >= 0.3 is 0 Å². The molecular weight excluding hydrogens is 384 g/mol. The van der Waals surface area contributed by atoms with E-state index < -0.39 is 10.0 Å². The number of sulfonamides is 1. The molecule has 0 unspecified atom stereocenters. The van der Waals surface area contributed by atoms with Gasteiger partial charge < -0.3 is 9.47 Å². The van der Waals surface area contributed by atoms with Crippen molar-refractivity contribution in [1.29, 1.82) is 0 Å². The Hall–Kier alpha value is -2.04. The van der Waals surface area contributed by atoms with Crippen molar-refractivity contribution >= 4 is 37.4 Å². The molecule has 1 fully saturated rings. The molecule has 0 aliphatic carbocycles. The molecule has 0 radical (unpaired) electrons. The molecule has 10 heteroatoms. The van der Waals surface area contributed by atoms with Crippen molar-refractivity contribution in [3.05, 3.63) is 29.3 Å². The third-order valence-electron chi connectivity index (χ3n) is 4.90. The third kappa shape index (κ3) is 3.21. The van der Waals surface area contributed by atoms with Gasteiger partial charge in [0.05, 0.1) is 5.39 Å². The molecule has 0 amide bonds. The van der Waals surface area contributed by atoms with Crippen molar-refractivity contribution in [3.8, 4) is 0 Å². The second-order valence-corrected chi connectivity index (χ2v) is 9.36. The van der Waals surface area contributed by atoms with Crippen molar-refractivity contribution in [3.63, 3.8) is 0 Å². The highest BCUT2D eigenvalue weighted by Crippen LogP contribution is 2.29. The van der Waals surface area contributed by atoms with Crippen LogP contribution in [0, 0.1) is 6.92 Å². The molecule has 4 heterocycles. The number of thiophene rings is 1. The van der Waals surface area contributed by atoms with Crippen LogP contribution in [0.15, 0.2) is 22.7 Å². The fourth-order valence-electron chi connectivity index (χ4n) is 3.20. The van der Waals surface area contributed by atoms with Gasteiger partial charge in [-0.3, -0.25) is 0 Å². The Morgan fingerprint density at radius 1 is 1.15 bits per heavy atom. The lowest BCUT2D eigenvalue weighted by Gasteiger charge is -2.34. The molecule has 4 rings (SSSR count). The minimum atomic E-state index is -3.57. The van der Waals surface area contributed by atoms with E-state index in [4.69, 9.17) is 4.98 Å². The second kappa shape index (κ2) is 6.84. The summed E-state index contributed by atoms with van der Waals surface area (Å²) in [6, 6.07) is 2.04. The molecule has 3 aromatic rings. The van der Waals surface area contributed by atoms with E-state index in [2.05, 4.69) is 14.9 Å². The van der Waals surface area contributed by atoms with Crippen LogP contribution < -0.4 is 4.90 Å². The highest BCUT2D eigenvalue weighted by atomic mass is 32.2. The Bertz CT molecular complexity index is 1060. The monoisotopic (exact) mass is 406 g/mol. The molecule has 144 valence electrons. The lowest BCUT2D eigenvalue weighted by Crippen LogP contribution is -2.49. The summed E-state index contributed by atoms with van der Waals surface area (Å²) in [4.78, 5) is 16.6. The summed E-state index contributed by atoms with van der Waals surface area (Å²) in [6.45, 7) is 5.85. The van der Waals surface area contributed by atoms with Crippen molar-refractivity contribution in [1.82, 2.24) is 23.8 Å². The number of piperazine rings is 1. The molecule has 1 saturated heterocycles. The molecule has 3 aromatic heterocycles. The largest absolute Gasteiger partial charge is 0.353 e. The fourth-order valence-corrected chi connectivity index (χ4v) is 5.43. The molecule has 0 saturated carbocycles. The topological polar surface area (TPSA) is 84.2 Å². The normalized spacial score (nSPS) is 16.3. The first-order chi connectivity index (χ1) is 12.9. The van der Waals surface area contributed by atoms with Gasteiger partial charge in [0.15, 0.2) is 5.03 Å². The summed E-state index contributed by atoms with van der Waals surface area (Å²) >= 11 is 1.61. The van der Waals surface area contributed by atoms with E-state index in [0.29, 0.717) is 32.0 Å². The third-order valence-corrected chi connectivity index (χ3v) is 7.47. The second-order valence-electron chi connectivity index (χ2n) is 6.58. The number of fused-ring (bicyclic) bond motifs is 1. The molecule has 0 aromatic carbocycles. The molecular formula is C17H22N6O2S2. The summed E-state index contributed by atoms with van der Waals surface area (Å²) < 4.78 is 29.0. The van der Waals surface area contributed by atoms with Crippen LogP contribution in [-0.4, -0.2) is 58.4 Å². The van der Waals surface area contributed by atoms with E-state index in [0.717, 1.165) is 28.3 Å². The smallest absolute Gasteiger partial charge is 0.262 e. The van der Waals surface area contributed by atoms with Gasteiger partial charge in [-0.05, 0) is 18.4 Å². The van der Waals surface area contributed by atoms with Gasteiger partial charge in [0.2, 0.25) is 0 Å². The predicted octanol–water partition coefficient (Wildman–Crippen LogP) is 1.81. The van der Waals surface area contributed by atoms with Crippen molar-refractivity contribution < 1.29 is 8.42 Å². The Kier molecular flexibility index (Phi) is 4.65. The zero-order chi connectivity index (χ0) is 19.2. The van der Waals surface area contributed by atoms with Crippen molar-refractivity contribution in [2.24, 2.45) is 7.05 Å². The van der Waals surface area contributed by atoms with Crippen LogP contribution in [0.3, 0.4) is 0 Å². The number of nitrogens with zero attached hydrogens (tertiary/aromatic N) is 6. The number of imidazole rings is 1. The molecule has 0 atom stereocenters. The van der Waals surface area contributed by atoms with Gasteiger partial charge in [-0.1, -0.05) is 6.92 Å². The molecule has 1 aliphatic rings. The summed E-state index contributed by atoms with van der Waals surface area (Å²) in [5, 5.41) is 3.17. The lowest BCUT2D eigenvalue weighted by atomic mass is 10.3. The number of aromatic nitrogens is 4. The van der Waals surface area contributed by atoms with Gasteiger partial charge in [-0.25, -0.2) is 23.4 Å². The maximum absolute atomic E-state index is 12.9. The van der Waals surface area contributed by atoms with Gasteiger partial charge in [-0.15, -0.1) is 11.3 Å². The van der Waals surface area contributed by atoms with Gasteiger partial charge in [0.1, 0.15) is 22.3 Å². The van der Waals surface area contributed by atoms with Crippen LogP contribution in [0.4, 0.5) is 5.82 Å². The summed E-state index contributed by atoms with van der Waals surface area (Å²) in [6.07, 6.45) is 2.35. The van der Waals surface area contributed by atoms with Gasteiger partial charge in [0, 0.05) is 45.8 Å². The quantitative estimate of drug-likeness (QED) is 0.657. The van der Waals surface area contributed by atoms with Crippen LogP contribution in [0.1, 0.15) is 18.6 Å². The van der Waals surface area contributed by atoms with E-state index in [1.54, 1.807) is 36.1 Å². The summed E-state index contributed by atoms with van der Waals surface area (Å²) in [7, 11) is -1.77. The molecule has 1 aliphatic heterocycles. The van der Waals surface area contributed by atoms with Crippen LogP contribution in [0.2, 0.25) is 0 Å². The van der Waals surface area contributed by atoms with Crippen LogP contribution >= 0.6 is 11.3 Å². The highest BCUT2D eigenvalue weighted by Gasteiger charge is 2.31. The van der Waals surface area contributed by atoms with E-state index in [-0.39, 0.29) is 5.03 Å². The van der Waals surface area contributed by atoms with Crippen molar-refractivity contribution in [2.75, 3.05) is 31.1 Å². The van der Waals surface area contributed by atoms with Crippen LogP contribution in [0.5, 0.6) is 0 Å². The van der Waals surface area contributed by atoms with E-state index in [9.17, 15) is 8.42 Å². The lowest BCUT2D eigenvalue weighted by molar-refractivity contribution is 0.382. The zero-order valence-electron chi connectivity index (χ0n) is 15.6. The average Bonchev–Trinajstić information content (AvgIpc) is 3.28. The molecule has 0 N–H and O–H groups in total. The molecule has 0 spiro atoms. The van der Waals surface area contributed by atoms with Gasteiger partial charge in [0.25, 0.3) is 10.0 Å². The Morgan fingerprint density at radius 2 is 1.89 bits per heavy atom. The Labute approximate surface area is 162 Å². The number of hydrogen-bond acceptors (Lipinski definition) is 7. The van der Waals surface area contributed by atoms with Crippen molar-refractivity contribution in [2.45, 2.75) is 25.3 Å².